The van der Waals surface area contributed by atoms with Crippen LogP contribution in [-0.4, -0.2) is 10.1 Å². The van der Waals surface area contributed by atoms with Crippen LogP contribution in [-0.2, 0) is 6.61 Å². The molecule has 13 heavy (non-hydrogen) atoms. The highest BCUT2D eigenvalue weighted by Crippen LogP contribution is 2.24. The minimum absolute atomic E-state index is 0.0133. The van der Waals surface area contributed by atoms with Crippen molar-refractivity contribution in [3.05, 3.63) is 41.0 Å². The second kappa shape index (κ2) is 3.32. The van der Waals surface area contributed by atoms with Crippen molar-refractivity contribution in [1.29, 1.82) is 0 Å². The first kappa shape index (κ1) is 8.48. The summed E-state index contributed by atoms with van der Waals surface area (Å²) in [6.45, 7) is 0.0133. The predicted octanol–water partition coefficient (Wildman–Crippen LogP) is 2.38. The number of fused-ring (bicyclic) bond motifs is 1. The highest BCUT2D eigenvalue weighted by Gasteiger charge is 2.03. The second-order valence-electron chi connectivity index (χ2n) is 2.76. The summed E-state index contributed by atoms with van der Waals surface area (Å²) in [7, 11) is 0. The zero-order valence-electron chi connectivity index (χ0n) is 6.87. The highest BCUT2D eigenvalue weighted by atomic mass is 35.5. The number of aromatic nitrogens is 1. The topological polar surface area (TPSA) is 33.1 Å². The van der Waals surface area contributed by atoms with Crippen LogP contribution in [0, 0.1) is 0 Å². The molecule has 1 aromatic carbocycles. The lowest BCUT2D eigenvalue weighted by Crippen LogP contribution is -1.87. The minimum atomic E-state index is 0.0133. The maximum atomic E-state index is 9.06. The Morgan fingerprint density at radius 3 is 2.92 bits per heavy atom. The molecule has 1 N–H and O–H groups in total. The molecular weight excluding hydrogens is 186 g/mol. The molecule has 0 amide bonds. The van der Waals surface area contributed by atoms with E-state index < -0.39 is 0 Å². The first-order valence-corrected chi connectivity index (χ1v) is 4.33. The van der Waals surface area contributed by atoms with Crippen LogP contribution < -0.4 is 0 Å². The monoisotopic (exact) mass is 193 g/mol. The highest BCUT2D eigenvalue weighted by molar-refractivity contribution is 6.35. The molecule has 2 rings (SSSR count). The molecule has 0 bridgehead atoms. The zero-order valence-corrected chi connectivity index (χ0v) is 7.62. The smallest absolute Gasteiger partial charge is 0.0891 e. The van der Waals surface area contributed by atoms with Gasteiger partial charge in [0.15, 0.2) is 0 Å². The lowest BCUT2D eigenvalue weighted by atomic mass is 10.1. The van der Waals surface area contributed by atoms with Gasteiger partial charge in [0, 0.05) is 11.6 Å². The number of hydrogen-bond acceptors (Lipinski definition) is 2. The van der Waals surface area contributed by atoms with Gasteiger partial charge in [0.1, 0.15) is 0 Å². The molecule has 0 unspecified atom stereocenters. The molecule has 0 aliphatic rings. The fraction of sp³-hybridized carbons (Fsp3) is 0.100. The number of pyridine rings is 1. The minimum Gasteiger partial charge on any atom is -0.392 e. The second-order valence-corrected chi connectivity index (χ2v) is 3.17. The number of aliphatic hydroxyl groups excluding tert-OH is 1. The van der Waals surface area contributed by atoms with Crippen LogP contribution in [0.15, 0.2) is 30.5 Å². The van der Waals surface area contributed by atoms with Crippen molar-refractivity contribution >= 4 is 22.5 Å². The molecule has 0 aliphatic heterocycles. The van der Waals surface area contributed by atoms with Gasteiger partial charge in [-0.1, -0.05) is 23.7 Å². The molecule has 0 spiro atoms. The van der Waals surface area contributed by atoms with E-state index in [1.165, 1.54) is 0 Å². The Kier molecular flexibility index (Phi) is 2.17. The Morgan fingerprint density at radius 1 is 1.31 bits per heavy atom. The van der Waals surface area contributed by atoms with Crippen LogP contribution >= 0.6 is 11.6 Å². The van der Waals surface area contributed by atoms with Crippen LogP contribution in [0.5, 0.6) is 0 Å². The molecule has 0 saturated carbocycles. The van der Waals surface area contributed by atoms with Gasteiger partial charge in [-0.3, -0.25) is 4.98 Å². The van der Waals surface area contributed by atoms with Crippen molar-refractivity contribution in [2.45, 2.75) is 6.61 Å². The van der Waals surface area contributed by atoms with Gasteiger partial charge in [-0.25, -0.2) is 0 Å². The normalized spacial score (nSPS) is 10.6. The van der Waals surface area contributed by atoms with Crippen molar-refractivity contribution in [3.8, 4) is 0 Å². The first-order chi connectivity index (χ1) is 6.33. The van der Waals surface area contributed by atoms with E-state index in [1.807, 2.05) is 18.2 Å². The molecule has 66 valence electrons. The fourth-order valence-electron chi connectivity index (χ4n) is 1.34. The van der Waals surface area contributed by atoms with E-state index in [4.69, 9.17) is 16.7 Å². The van der Waals surface area contributed by atoms with Gasteiger partial charge >= 0.3 is 0 Å². The largest absolute Gasteiger partial charge is 0.392 e. The molecule has 1 aromatic heterocycles. The summed E-state index contributed by atoms with van der Waals surface area (Å²) in [5, 5.41) is 10.6. The number of benzene rings is 1. The van der Waals surface area contributed by atoms with Gasteiger partial charge in [0.25, 0.3) is 0 Å². The van der Waals surface area contributed by atoms with E-state index in [0.717, 1.165) is 16.5 Å². The molecule has 0 saturated heterocycles. The van der Waals surface area contributed by atoms with Crippen molar-refractivity contribution in [2.75, 3.05) is 0 Å². The SMILES string of the molecule is OCc1ccc(Cl)c2ncccc12. The zero-order chi connectivity index (χ0) is 9.26. The maximum Gasteiger partial charge on any atom is 0.0891 e. The van der Waals surface area contributed by atoms with Crippen LogP contribution in [0.2, 0.25) is 5.02 Å². The lowest BCUT2D eigenvalue weighted by molar-refractivity contribution is 0.283. The summed E-state index contributed by atoms with van der Waals surface area (Å²) >= 11 is 5.94. The Morgan fingerprint density at radius 2 is 2.15 bits per heavy atom. The van der Waals surface area contributed by atoms with E-state index in [9.17, 15) is 0 Å². The summed E-state index contributed by atoms with van der Waals surface area (Å²) in [6.07, 6.45) is 1.69. The van der Waals surface area contributed by atoms with Crippen LogP contribution in [0.1, 0.15) is 5.56 Å². The van der Waals surface area contributed by atoms with E-state index in [1.54, 1.807) is 12.3 Å². The van der Waals surface area contributed by atoms with Crippen molar-refractivity contribution in [3.63, 3.8) is 0 Å². The van der Waals surface area contributed by atoms with Gasteiger partial charge in [-0.15, -0.1) is 0 Å². The molecule has 2 nitrogen and oxygen atoms in total. The number of rotatable bonds is 1. The van der Waals surface area contributed by atoms with Gasteiger partial charge in [0.05, 0.1) is 17.1 Å². The number of aliphatic hydroxyl groups is 1. The fourth-order valence-corrected chi connectivity index (χ4v) is 1.55. The first-order valence-electron chi connectivity index (χ1n) is 3.96. The molecule has 1 heterocycles. The van der Waals surface area contributed by atoms with Crippen LogP contribution in [0.25, 0.3) is 10.9 Å². The van der Waals surface area contributed by atoms with E-state index >= 15 is 0 Å². The number of hydrogen-bond donors (Lipinski definition) is 1. The third-order valence-electron chi connectivity index (χ3n) is 1.98. The average molecular weight is 194 g/mol. The standard InChI is InChI=1S/C10H8ClNO/c11-9-4-3-7(6-13)8-2-1-5-12-10(8)9/h1-5,13H,6H2. The quantitative estimate of drug-likeness (QED) is 0.755. The Balaban J connectivity index is 2.84. The van der Waals surface area contributed by atoms with E-state index in [-0.39, 0.29) is 6.61 Å². The van der Waals surface area contributed by atoms with Crippen molar-refractivity contribution in [2.24, 2.45) is 0 Å². The summed E-state index contributed by atoms with van der Waals surface area (Å²) in [6, 6.07) is 7.30. The summed E-state index contributed by atoms with van der Waals surface area (Å²) in [5.74, 6) is 0. The number of halogens is 1. The Labute approximate surface area is 80.8 Å². The molecule has 2 aromatic rings. The summed E-state index contributed by atoms with van der Waals surface area (Å²) in [5.41, 5.74) is 1.60. The van der Waals surface area contributed by atoms with Gasteiger partial charge in [-0.2, -0.15) is 0 Å². The number of nitrogens with zero attached hydrogens (tertiary/aromatic N) is 1. The van der Waals surface area contributed by atoms with E-state index in [2.05, 4.69) is 4.98 Å². The van der Waals surface area contributed by atoms with Gasteiger partial charge < -0.3 is 5.11 Å². The summed E-state index contributed by atoms with van der Waals surface area (Å²) < 4.78 is 0. The molecular formula is C10H8ClNO. The Bertz CT molecular complexity index is 442. The van der Waals surface area contributed by atoms with Crippen molar-refractivity contribution in [1.82, 2.24) is 4.98 Å². The molecule has 0 atom stereocenters. The average Bonchev–Trinajstić information content (AvgIpc) is 2.19. The van der Waals surface area contributed by atoms with Crippen LogP contribution in [0.3, 0.4) is 0 Å². The Hall–Kier alpha value is -1.12. The van der Waals surface area contributed by atoms with Crippen LogP contribution in [0.4, 0.5) is 0 Å². The van der Waals surface area contributed by atoms with E-state index in [0.29, 0.717) is 5.02 Å². The molecule has 0 radical (unpaired) electrons. The van der Waals surface area contributed by atoms with Crippen molar-refractivity contribution < 1.29 is 5.11 Å². The third-order valence-corrected chi connectivity index (χ3v) is 2.29. The summed E-state index contributed by atoms with van der Waals surface area (Å²) in [4.78, 5) is 4.15. The predicted molar refractivity (Wildman–Crippen MR) is 52.7 cm³/mol. The lowest BCUT2D eigenvalue weighted by Gasteiger charge is -2.03. The maximum absolute atomic E-state index is 9.06. The molecule has 0 aliphatic carbocycles. The molecule has 0 fully saturated rings. The van der Waals surface area contributed by atoms with Gasteiger partial charge in [-0.05, 0) is 17.7 Å². The third kappa shape index (κ3) is 1.39. The van der Waals surface area contributed by atoms with Gasteiger partial charge in [0.2, 0.25) is 0 Å². The molecule has 3 heteroatoms.